The van der Waals surface area contributed by atoms with Crippen LogP contribution in [0.1, 0.15) is 92.4 Å². The number of aliphatic hydroxyl groups is 4. The van der Waals surface area contributed by atoms with Gasteiger partial charge in [0.2, 0.25) is 0 Å². The molecule has 1 unspecified atom stereocenters. The molecular formula is C30H50O5. The molecule has 4 aliphatic carbocycles. The Morgan fingerprint density at radius 2 is 1.83 bits per heavy atom. The van der Waals surface area contributed by atoms with Gasteiger partial charge in [0.25, 0.3) is 0 Å². The lowest BCUT2D eigenvalue weighted by molar-refractivity contribution is -0.162. The van der Waals surface area contributed by atoms with Crippen LogP contribution in [0, 0.1) is 34.5 Å². The third-order valence-electron chi connectivity index (χ3n) is 10.6. The van der Waals surface area contributed by atoms with E-state index in [1.165, 1.54) is 31.3 Å². The smallest absolute Gasteiger partial charge is 0.110 e. The van der Waals surface area contributed by atoms with Crippen molar-refractivity contribution in [1.82, 2.24) is 0 Å². The van der Waals surface area contributed by atoms with Gasteiger partial charge >= 0.3 is 0 Å². The number of allylic oxidation sites excluding steroid dienone is 3. The van der Waals surface area contributed by atoms with E-state index in [0.717, 1.165) is 24.8 Å². The highest BCUT2D eigenvalue weighted by Gasteiger charge is 2.60. The van der Waals surface area contributed by atoms with Gasteiger partial charge in [0.1, 0.15) is 6.10 Å². The molecule has 0 aromatic rings. The Hall–Kier alpha value is -0.720. The van der Waals surface area contributed by atoms with Gasteiger partial charge in [-0.15, -0.1) is 0 Å². The molecule has 9 atom stereocenters. The number of fused-ring (bicyclic) bond motifs is 5. The summed E-state index contributed by atoms with van der Waals surface area (Å²) in [5.41, 5.74) is 1.96. The molecule has 5 nitrogen and oxygen atoms in total. The lowest BCUT2D eigenvalue weighted by Crippen LogP contribution is -2.59. The lowest BCUT2D eigenvalue weighted by atomic mass is 9.49. The van der Waals surface area contributed by atoms with E-state index in [1.807, 2.05) is 13.8 Å². The minimum atomic E-state index is -0.757. The molecule has 35 heavy (non-hydrogen) atoms. The molecule has 0 spiro atoms. The third-order valence-corrected chi connectivity index (χ3v) is 10.6. The van der Waals surface area contributed by atoms with Crippen LogP contribution in [-0.2, 0) is 4.74 Å². The predicted molar refractivity (Wildman–Crippen MR) is 139 cm³/mol. The molecule has 0 aromatic heterocycles. The van der Waals surface area contributed by atoms with E-state index in [-0.39, 0.29) is 17.9 Å². The molecule has 0 aliphatic heterocycles. The topological polar surface area (TPSA) is 90.2 Å². The van der Waals surface area contributed by atoms with Crippen LogP contribution >= 0.6 is 0 Å². The first-order valence-corrected chi connectivity index (χ1v) is 14.2. The van der Waals surface area contributed by atoms with E-state index in [1.54, 1.807) is 0 Å². The van der Waals surface area contributed by atoms with Crippen molar-refractivity contribution in [1.29, 1.82) is 0 Å². The molecule has 3 saturated carbocycles. The van der Waals surface area contributed by atoms with Crippen LogP contribution in [-0.4, -0.2) is 57.6 Å². The van der Waals surface area contributed by atoms with E-state index in [0.29, 0.717) is 37.2 Å². The van der Waals surface area contributed by atoms with Gasteiger partial charge in [0, 0.05) is 18.6 Å². The Balaban J connectivity index is 1.52. The average Bonchev–Trinajstić information content (AvgIpc) is 3.14. The van der Waals surface area contributed by atoms with Gasteiger partial charge < -0.3 is 25.2 Å². The highest BCUT2D eigenvalue weighted by atomic mass is 16.5. The van der Waals surface area contributed by atoms with Gasteiger partial charge in [0.15, 0.2) is 0 Å². The maximum absolute atomic E-state index is 11.6. The van der Waals surface area contributed by atoms with Crippen LogP contribution in [0.25, 0.3) is 0 Å². The Kier molecular flexibility index (Phi) is 7.97. The summed E-state index contributed by atoms with van der Waals surface area (Å²) in [6.07, 6.45) is 11.3. The molecule has 0 bridgehead atoms. The van der Waals surface area contributed by atoms with Crippen LogP contribution < -0.4 is 0 Å². The summed E-state index contributed by atoms with van der Waals surface area (Å²) in [4.78, 5) is 0. The van der Waals surface area contributed by atoms with Crippen molar-refractivity contribution in [2.75, 3.05) is 13.2 Å². The quantitative estimate of drug-likeness (QED) is 0.350. The maximum atomic E-state index is 11.6. The van der Waals surface area contributed by atoms with Crippen molar-refractivity contribution in [3.8, 4) is 0 Å². The Morgan fingerprint density at radius 3 is 2.51 bits per heavy atom. The van der Waals surface area contributed by atoms with Crippen LogP contribution in [0.15, 0.2) is 23.3 Å². The van der Waals surface area contributed by atoms with Gasteiger partial charge in [-0.05, 0) is 87.9 Å². The first kappa shape index (κ1) is 27.3. The summed E-state index contributed by atoms with van der Waals surface area (Å²) >= 11 is 0. The fourth-order valence-electron chi connectivity index (χ4n) is 8.57. The third kappa shape index (κ3) is 4.93. The summed E-state index contributed by atoms with van der Waals surface area (Å²) in [7, 11) is 0. The second-order valence-corrected chi connectivity index (χ2v) is 13.3. The standard InChI is InChI=1S/C30H50O5/c1-19(8-6-14-28(2,3)34)22-11-12-23-21-10-9-20-18-25(32)26(35-17-7-16-31)27(33)30(20,5)24(21)13-15-29(22,23)4/h9-10,19,22-27,31-34H,6-8,11-18H2,1-5H3/t19-,22-,23+,24?,25-,26-,27+,29-,30-/m1/s1. The van der Waals surface area contributed by atoms with Crippen LogP contribution in [0.5, 0.6) is 0 Å². The Bertz CT molecular complexity index is 812. The molecule has 0 saturated heterocycles. The molecule has 0 amide bonds. The molecule has 5 heteroatoms. The van der Waals surface area contributed by atoms with Crippen molar-refractivity contribution in [3.05, 3.63) is 23.3 Å². The maximum Gasteiger partial charge on any atom is 0.110 e. The summed E-state index contributed by atoms with van der Waals surface area (Å²) in [5, 5.41) is 41.6. The monoisotopic (exact) mass is 490 g/mol. The molecule has 200 valence electrons. The highest BCUT2D eigenvalue weighted by Crippen LogP contribution is 2.66. The van der Waals surface area contributed by atoms with Gasteiger partial charge in [-0.1, -0.05) is 56.9 Å². The molecule has 0 aromatic carbocycles. The van der Waals surface area contributed by atoms with Crippen molar-refractivity contribution in [2.24, 2.45) is 34.5 Å². The average molecular weight is 491 g/mol. The normalized spacial score (nSPS) is 42.0. The molecule has 4 rings (SSSR count). The summed E-state index contributed by atoms with van der Waals surface area (Å²) in [6.45, 7) is 11.4. The van der Waals surface area contributed by atoms with Crippen LogP contribution in [0.2, 0.25) is 0 Å². The molecule has 0 heterocycles. The van der Waals surface area contributed by atoms with E-state index in [4.69, 9.17) is 9.84 Å². The first-order chi connectivity index (χ1) is 16.4. The van der Waals surface area contributed by atoms with E-state index in [2.05, 4.69) is 32.9 Å². The van der Waals surface area contributed by atoms with Gasteiger partial charge in [-0.3, -0.25) is 0 Å². The molecule has 4 aliphatic rings. The minimum absolute atomic E-state index is 0.0501. The van der Waals surface area contributed by atoms with Crippen molar-refractivity contribution < 1.29 is 25.2 Å². The van der Waals surface area contributed by atoms with Crippen molar-refractivity contribution >= 4 is 0 Å². The van der Waals surface area contributed by atoms with E-state index < -0.39 is 29.3 Å². The number of hydrogen-bond acceptors (Lipinski definition) is 5. The molecule has 3 fully saturated rings. The fraction of sp³-hybridized carbons (Fsp3) is 0.867. The Morgan fingerprint density at radius 1 is 1.09 bits per heavy atom. The fourth-order valence-corrected chi connectivity index (χ4v) is 8.57. The van der Waals surface area contributed by atoms with Crippen molar-refractivity contribution in [2.45, 2.75) is 116 Å². The summed E-state index contributed by atoms with van der Waals surface area (Å²) < 4.78 is 5.93. The zero-order chi connectivity index (χ0) is 25.6. The summed E-state index contributed by atoms with van der Waals surface area (Å²) in [6, 6.07) is 0. The molecule has 0 radical (unpaired) electrons. The number of hydrogen-bond donors (Lipinski definition) is 4. The second-order valence-electron chi connectivity index (χ2n) is 13.3. The highest BCUT2D eigenvalue weighted by molar-refractivity contribution is 5.40. The SMILES string of the molecule is C[C@H](CCCC(C)(C)O)[C@H]1CC[C@H]2C3=CC=C4C[C@@H](O)[C@@H](OCCCO)[C@H](O)[C@@]4(C)C3CC[C@]12C. The van der Waals surface area contributed by atoms with Crippen molar-refractivity contribution in [3.63, 3.8) is 0 Å². The first-order valence-electron chi connectivity index (χ1n) is 14.2. The van der Waals surface area contributed by atoms with Gasteiger partial charge in [-0.2, -0.15) is 0 Å². The Labute approximate surface area is 212 Å². The number of aliphatic hydroxyl groups excluding tert-OH is 3. The second kappa shape index (κ2) is 10.2. The van der Waals surface area contributed by atoms with Gasteiger partial charge in [-0.25, -0.2) is 0 Å². The van der Waals surface area contributed by atoms with E-state index in [9.17, 15) is 15.3 Å². The zero-order valence-corrected chi connectivity index (χ0v) is 22.7. The zero-order valence-electron chi connectivity index (χ0n) is 22.7. The van der Waals surface area contributed by atoms with Crippen LogP contribution in [0.3, 0.4) is 0 Å². The summed E-state index contributed by atoms with van der Waals surface area (Å²) in [5.74, 6) is 2.18. The van der Waals surface area contributed by atoms with Crippen LogP contribution in [0.4, 0.5) is 0 Å². The van der Waals surface area contributed by atoms with Gasteiger partial charge in [0.05, 0.1) is 17.8 Å². The van der Waals surface area contributed by atoms with E-state index >= 15 is 0 Å². The largest absolute Gasteiger partial charge is 0.396 e. The number of ether oxygens (including phenoxy) is 1. The minimum Gasteiger partial charge on any atom is -0.396 e. The molecule has 4 N–H and O–H groups in total. The predicted octanol–water partition coefficient (Wildman–Crippen LogP) is 4.77. The lowest BCUT2D eigenvalue weighted by Gasteiger charge is -2.57. The molecular weight excluding hydrogens is 440 g/mol. The number of rotatable bonds is 9.